The van der Waals surface area contributed by atoms with E-state index in [1.54, 1.807) is 20.4 Å². The number of hydrazone groups is 1. The minimum atomic E-state index is -0.0518. The van der Waals surface area contributed by atoms with Gasteiger partial charge >= 0.3 is 0 Å². The molecule has 0 heterocycles. The zero-order chi connectivity index (χ0) is 18.3. The lowest BCUT2D eigenvalue weighted by molar-refractivity contribution is -0.121. The van der Waals surface area contributed by atoms with E-state index in [0.29, 0.717) is 17.9 Å². The fraction of sp³-hybridized carbons (Fsp3) is 0.600. The predicted octanol–water partition coefficient (Wildman–Crippen LogP) is 4.68. The second-order valence-corrected chi connectivity index (χ2v) is 6.13. The van der Waals surface area contributed by atoms with Crippen molar-refractivity contribution in [2.45, 2.75) is 64.7 Å². The Kier molecular flexibility index (Phi) is 11.2. The zero-order valence-electron chi connectivity index (χ0n) is 15.8. The molecular weight excluding hydrogens is 316 g/mol. The molecule has 1 rings (SSSR count). The summed E-state index contributed by atoms with van der Waals surface area (Å²) in [7, 11) is 3.20. The molecule has 0 aliphatic heterocycles. The van der Waals surface area contributed by atoms with Crippen LogP contribution in [0.1, 0.15) is 70.3 Å². The van der Waals surface area contributed by atoms with Gasteiger partial charge in [-0.2, -0.15) is 5.10 Å². The third kappa shape index (κ3) is 9.13. The molecule has 5 heteroatoms. The molecule has 0 bridgehead atoms. The number of carbonyl (C=O) groups excluding carboxylic acids is 1. The smallest absolute Gasteiger partial charge is 0.240 e. The third-order valence-electron chi connectivity index (χ3n) is 4.09. The van der Waals surface area contributed by atoms with E-state index in [-0.39, 0.29) is 5.91 Å². The number of unbranched alkanes of at least 4 members (excludes halogenated alkanes) is 7. The molecule has 0 atom stereocenters. The number of nitrogens with zero attached hydrogens (tertiary/aromatic N) is 1. The Labute approximate surface area is 151 Å². The second-order valence-electron chi connectivity index (χ2n) is 6.13. The molecule has 1 amide bonds. The van der Waals surface area contributed by atoms with E-state index in [9.17, 15) is 4.79 Å². The molecule has 0 radical (unpaired) electrons. The quantitative estimate of drug-likeness (QED) is 0.320. The maximum atomic E-state index is 11.8. The standard InChI is InChI=1S/C20H32N2O3/c1-4-5-6-7-8-9-10-11-12-20(23)22-21-16-17-15-18(24-2)13-14-19(17)25-3/h13-16H,4-12H2,1-3H3,(H,22,23)/b21-16+. The van der Waals surface area contributed by atoms with Gasteiger partial charge in [0.2, 0.25) is 5.91 Å². The van der Waals surface area contributed by atoms with Crippen LogP contribution in [0.2, 0.25) is 0 Å². The van der Waals surface area contributed by atoms with Gasteiger partial charge in [-0.25, -0.2) is 5.43 Å². The molecule has 0 saturated heterocycles. The summed E-state index contributed by atoms with van der Waals surface area (Å²) in [6, 6.07) is 5.44. The van der Waals surface area contributed by atoms with Crippen molar-refractivity contribution in [3.05, 3.63) is 23.8 Å². The van der Waals surface area contributed by atoms with Crippen molar-refractivity contribution in [3.8, 4) is 11.5 Å². The molecular formula is C20H32N2O3. The normalized spacial score (nSPS) is 10.8. The van der Waals surface area contributed by atoms with Crippen molar-refractivity contribution in [1.82, 2.24) is 5.43 Å². The highest BCUT2D eigenvalue weighted by molar-refractivity contribution is 5.85. The number of amides is 1. The lowest BCUT2D eigenvalue weighted by atomic mass is 10.1. The summed E-state index contributed by atoms with van der Waals surface area (Å²) in [5, 5.41) is 4.01. The fourth-order valence-corrected chi connectivity index (χ4v) is 2.59. The third-order valence-corrected chi connectivity index (χ3v) is 4.09. The molecule has 140 valence electrons. The van der Waals surface area contributed by atoms with Crippen LogP contribution in [-0.2, 0) is 4.79 Å². The molecule has 0 aromatic heterocycles. The topological polar surface area (TPSA) is 59.9 Å². The summed E-state index contributed by atoms with van der Waals surface area (Å²) in [6.07, 6.45) is 11.8. The van der Waals surface area contributed by atoms with Gasteiger partial charge in [-0.3, -0.25) is 4.79 Å². The summed E-state index contributed by atoms with van der Waals surface area (Å²) < 4.78 is 10.5. The van der Waals surface area contributed by atoms with Crippen molar-refractivity contribution in [1.29, 1.82) is 0 Å². The van der Waals surface area contributed by atoms with Crippen molar-refractivity contribution in [2.75, 3.05) is 14.2 Å². The lowest BCUT2D eigenvalue weighted by Crippen LogP contribution is -2.17. The van der Waals surface area contributed by atoms with Gasteiger partial charge in [0.05, 0.1) is 20.4 Å². The van der Waals surface area contributed by atoms with Crippen LogP contribution in [0.4, 0.5) is 0 Å². The molecule has 1 aromatic rings. The monoisotopic (exact) mass is 348 g/mol. The second kappa shape index (κ2) is 13.3. The summed E-state index contributed by atoms with van der Waals surface area (Å²) in [5.74, 6) is 1.35. The minimum Gasteiger partial charge on any atom is -0.497 e. The number of hydrogen-bond acceptors (Lipinski definition) is 4. The van der Waals surface area contributed by atoms with Crippen LogP contribution in [0.3, 0.4) is 0 Å². The van der Waals surface area contributed by atoms with Crippen LogP contribution in [0.5, 0.6) is 11.5 Å². The van der Waals surface area contributed by atoms with E-state index >= 15 is 0 Å². The minimum absolute atomic E-state index is 0.0518. The predicted molar refractivity (Wildman–Crippen MR) is 103 cm³/mol. The molecule has 5 nitrogen and oxygen atoms in total. The van der Waals surface area contributed by atoms with E-state index in [4.69, 9.17) is 9.47 Å². The maximum Gasteiger partial charge on any atom is 0.240 e. The summed E-state index contributed by atoms with van der Waals surface area (Å²) in [6.45, 7) is 2.23. The van der Waals surface area contributed by atoms with E-state index in [0.717, 1.165) is 18.4 Å². The Morgan fingerprint density at radius 2 is 1.72 bits per heavy atom. The molecule has 0 aliphatic rings. The molecule has 0 aliphatic carbocycles. The van der Waals surface area contributed by atoms with Gasteiger partial charge in [-0.15, -0.1) is 0 Å². The van der Waals surface area contributed by atoms with Crippen LogP contribution in [0.15, 0.2) is 23.3 Å². The van der Waals surface area contributed by atoms with Gasteiger partial charge in [0.25, 0.3) is 0 Å². The molecule has 0 saturated carbocycles. The maximum absolute atomic E-state index is 11.8. The molecule has 1 aromatic carbocycles. The van der Waals surface area contributed by atoms with Crippen molar-refractivity contribution < 1.29 is 14.3 Å². The average Bonchev–Trinajstić information content (AvgIpc) is 2.63. The van der Waals surface area contributed by atoms with Crippen molar-refractivity contribution in [3.63, 3.8) is 0 Å². The number of methoxy groups -OCH3 is 2. The average molecular weight is 348 g/mol. The van der Waals surface area contributed by atoms with Crippen molar-refractivity contribution in [2.24, 2.45) is 5.10 Å². The Bertz CT molecular complexity index is 530. The van der Waals surface area contributed by atoms with Crippen molar-refractivity contribution >= 4 is 12.1 Å². The lowest BCUT2D eigenvalue weighted by Gasteiger charge is -2.06. The van der Waals surface area contributed by atoms with Gasteiger partial charge < -0.3 is 9.47 Å². The Balaban J connectivity index is 2.24. The highest BCUT2D eigenvalue weighted by Crippen LogP contribution is 2.22. The first-order valence-electron chi connectivity index (χ1n) is 9.25. The number of nitrogens with one attached hydrogen (secondary N) is 1. The van der Waals surface area contributed by atoms with Gasteiger partial charge in [0.1, 0.15) is 11.5 Å². The van der Waals surface area contributed by atoms with Crippen LogP contribution < -0.4 is 14.9 Å². The zero-order valence-corrected chi connectivity index (χ0v) is 15.8. The highest BCUT2D eigenvalue weighted by Gasteiger charge is 2.03. The number of hydrogen-bond donors (Lipinski definition) is 1. The largest absolute Gasteiger partial charge is 0.497 e. The fourth-order valence-electron chi connectivity index (χ4n) is 2.59. The first kappa shape index (κ1) is 21.0. The van der Waals surface area contributed by atoms with E-state index in [2.05, 4.69) is 17.5 Å². The van der Waals surface area contributed by atoms with Gasteiger partial charge in [0, 0.05) is 12.0 Å². The van der Waals surface area contributed by atoms with Crippen LogP contribution in [-0.4, -0.2) is 26.3 Å². The van der Waals surface area contributed by atoms with Crippen LogP contribution >= 0.6 is 0 Å². The van der Waals surface area contributed by atoms with Gasteiger partial charge in [-0.05, 0) is 24.6 Å². The van der Waals surface area contributed by atoms with Crippen LogP contribution in [0.25, 0.3) is 0 Å². The highest BCUT2D eigenvalue weighted by atomic mass is 16.5. The van der Waals surface area contributed by atoms with E-state index in [1.807, 2.05) is 18.2 Å². The number of carbonyl (C=O) groups is 1. The summed E-state index contributed by atoms with van der Waals surface area (Å²) in [4.78, 5) is 11.8. The Morgan fingerprint density at radius 3 is 2.36 bits per heavy atom. The van der Waals surface area contributed by atoms with Crippen LogP contribution in [0, 0.1) is 0 Å². The SMILES string of the molecule is CCCCCCCCCCC(=O)N/N=C/c1cc(OC)ccc1OC. The molecule has 0 unspecified atom stereocenters. The van der Waals surface area contributed by atoms with Gasteiger partial charge in [0.15, 0.2) is 0 Å². The number of ether oxygens (including phenoxy) is 2. The van der Waals surface area contributed by atoms with E-state index < -0.39 is 0 Å². The molecule has 1 N–H and O–H groups in total. The molecule has 0 spiro atoms. The number of benzene rings is 1. The molecule has 25 heavy (non-hydrogen) atoms. The Morgan fingerprint density at radius 1 is 1.04 bits per heavy atom. The summed E-state index contributed by atoms with van der Waals surface area (Å²) >= 11 is 0. The number of rotatable bonds is 13. The Hall–Kier alpha value is -2.04. The van der Waals surface area contributed by atoms with E-state index in [1.165, 1.54) is 38.5 Å². The first-order chi connectivity index (χ1) is 12.2. The first-order valence-corrected chi connectivity index (χ1v) is 9.25. The van der Waals surface area contributed by atoms with Gasteiger partial charge in [-0.1, -0.05) is 51.9 Å². The molecule has 0 fully saturated rings. The summed E-state index contributed by atoms with van der Waals surface area (Å²) in [5.41, 5.74) is 3.33.